The van der Waals surface area contributed by atoms with Crippen LogP contribution in [-0.2, 0) is 60.9 Å². The van der Waals surface area contributed by atoms with Gasteiger partial charge in [0.05, 0.1) is 12.7 Å². The Bertz CT molecular complexity index is 1650. The standard InChI is InChI=1S/C24H36N2O17P4S/c1-4-14-48-19-12-13-26(24(27)25-19)23-22-21(38-20(39-22)11-10-17-8-6-5-7-9-17)18(37-23)15-36-44(28,29)41-46(32,33)43-47(34,35)42-45(30,31)40-16(2)3/h5-9,12-13,16,18,20-23H,4,10-11,14-15H2,1-3H3,(H4,28,29,30,31,32,33,34,35)/p+1/t18-,20?,21?,22+,23-/m1/s1. The molecule has 0 bridgehead atoms. The van der Waals surface area contributed by atoms with Crippen LogP contribution in [0.15, 0.2) is 52.4 Å². The van der Waals surface area contributed by atoms with Crippen molar-refractivity contribution in [3.63, 3.8) is 0 Å². The van der Waals surface area contributed by atoms with Crippen LogP contribution in [0.2, 0.25) is 0 Å². The fourth-order valence-electron chi connectivity index (χ4n) is 4.65. The van der Waals surface area contributed by atoms with Crippen molar-refractivity contribution in [1.82, 2.24) is 4.98 Å². The van der Waals surface area contributed by atoms with Crippen LogP contribution in [0.4, 0.5) is 0 Å². The maximum Gasteiger partial charge on any atom is 0.498 e. The molecular formula is C24H37N2O17P4S+. The zero-order chi connectivity index (χ0) is 35.3. The number of nitrogens with one attached hydrogen (secondary N) is 1. The Morgan fingerprint density at radius 2 is 1.52 bits per heavy atom. The molecule has 0 radical (unpaired) electrons. The van der Waals surface area contributed by atoms with E-state index in [1.165, 1.54) is 36.4 Å². The summed E-state index contributed by atoms with van der Waals surface area (Å²) in [6, 6.07) is 11.2. The lowest BCUT2D eigenvalue weighted by Crippen LogP contribution is -2.58. The number of H-pyrrole nitrogens is 1. The van der Waals surface area contributed by atoms with E-state index in [1.807, 2.05) is 37.3 Å². The largest absolute Gasteiger partial charge is 0.498 e. The Labute approximate surface area is 279 Å². The molecule has 2 aliphatic heterocycles. The summed E-state index contributed by atoms with van der Waals surface area (Å²) >= 11 is 1.45. The van der Waals surface area contributed by atoms with Crippen LogP contribution in [-0.4, -0.2) is 67.6 Å². The van der Waals surface area contributed by atoms with Gasteiger partial charge in [-0.25, -0.2) is 18.3 Å². The third-order valence-electron chi connectivity index (χ3n) is 6.37. The monoisotopic (exact) mass is 781 g/mol. The normalized spacial score (nSPS) is 27.5. The molecule has 0 saturated carbocycles. The van der Waals surface area contributed by atoms with E-state index < -0.39 is 80.5 Å². The number of aryl methyl sites for hydroxylation is 1. The Kier molecular flexibility index (Phi) is 13.6. The molecule has 48 heavy (non-hydrogen) atoms. The molecule has 4 rings (SSSR count). The number of hydrogen-bond acceptors (Lipinski definition) is 14. The van der Waals surface area contributed by atoms with Gasteiger partial charge in [-0.15, -0.1) is 0 Å². The van der Waals surface area contributed by atoms with Crippen molar-refractivity contribution in [2.45, 2.75) is 82.0 Å². The maximum atomic E-state index is 13.0. The highest BCUT2D eigenvalue weighted by molar-refractivity contribution is 7.99. The number of thioether (sulfide) groups is 1. The molecule has 5 N–H and O–H groups in total. The molecule has 3 heterocycles. The number of hydrogen-bond donors (Lipinski definition) is 5. The number of rotatable bonds is 18. The first-order valence-electron chi connectivity index (χ1n) is 14.4. The van der Waals surface area contributed by atoms with Crippen molar-refractivity contribution in [1.29, 1.82) is 0 Å². The molecule has 2 fully saturated rings. The molecule has 0 spiro atoms. The van der Waals surface area contributed by atoms with Crippen LogP contribution in [0.1, 0.15) is 45.4 Å². The van der Waals surface area contributed by atoms with E-state index >= 15 is 0 Å². The van der Waals surface area contributed by atoms with Crippen LogP contribution in [0, 0.1) is 0 Å². The highest BCUT2D eigenvalue weighted by Gasteiger charge is 2.56. The van der Waals surface area contributed by atoms with Gasteiger partial charge in [0.25, 0.3) is 0 Å². The second-order valence-corrected chi connectivity index (χ2v) is 18.0. The summed E-state index contributed by atoms with van der Waals surface area (Å²) in [5.41, 5.74) is 0.482. The van der Waals surface area contributed by atoms with Gasteiger partial charge in [-0.1, -0.05) is 49.0 Å². The van der Waals surface area contributed by atoms with Crippen molar-refractivity contribution in [3.8, 4) is 0 Å². The molecule has 2 saturated heterocycles. The van der Waals surface area contributed by atoms with Gasteiger partial charge >= 0.3 is 37.0 Å². The first-order chi connectivity index (χ1) is 22.4. The molecule has 2 aromatic rings. The summed E-state index contributed by atoms with van der Waals surface area (Å²) in [6.07, 6.45) is -2.53. The van der Waals surface area contributed by atoms with Gasteiger partial charge in [0.2, 0.25) is 6.23 Å². The maximum absolute atomic E-state index is 13.0. The third-order valence-corrected chi connectivity index (χ3v) is 13.6. The first-order valence-corrected chi connectivity index (χ1v) is 21.4. The van der Waals surface area contributed by atoms with Crippen molar-refractivity contribution >= 4 is 43.1 Å². The molecule has 270 valence electrons. The lowest BCUT2D eigenvalue weighted by molar-refractivity contribution is -0.780. The van der Waals surface area contributed by atoms with Gasteiger partial charge in [-0.2, -0.15) is 27.3 Å². The number of phosphoric ester groups is 2. The predicted octanol–water partition coefficient (Wildman–Crippen LogP) is 3.70. The van der Waals surface area contributed by atoms with Crippen molar-refractivity contribution in [2.24, 2.45) is 0 Å². The number of nitrogens with zero attached hydrogens (tertiary/aromatic N) is 1. The molecule has 2 aliphatic rings. The highest BCUT2D eigenvalue weighted by atomic mass is 32.2. The Balaban J connectivity index is 1.45. The minimum absolute atomic E-state index is 0.407. The van der Waals surface area contributed by atoms with Crippen LogP contribution in [0.25, 0.3) is 0 Å². The summed E-state index contributed by atoms with van der Waals surface area (Å²) in [4.78, 5) is 54.9. The van der Waals surface area contributed by atoms with Crippen molar-refractivity contribution in [3.05, 3.63) is 58.6 Å². The predicted molar refractivity (Wildman–Crippen MR) is 165 cm³/mol. The zero-order valence-corrected chi connectivity index (χ0v) is 30.2. The van der Waals surface area contributed by atoms with Gasteiger partial charge in [-0.05, 0) is 32.3 Å². The molecule has 6 unspecified atom stereocenters. The second-order valence-electron chi connectivity index (χ2n) is 10.7. The van der Waals surface area contributed by atoms with E-state index in [9.17, 15) is 42.6 Å². The average Bonchev–Trinajstić information content (AvgIpc) is 3.51. The van der Waals surface area contributed by atoms with Gasteiger partial charge in [0.1, 0.15) is 18.4 Å². The fourth-order valence-corrected chi connectivity index (χ4v) is 10.5. The molecule has 19 nitrogen and oxygen atoms in total. The number of ether oxygens (including phenoxy) is 3. The van der Waals surface area contributed by atoms with E-state index in [0.29, 0.717) is 17.9 Å². The Morgan fingerprint density at radius 1 is 0.896 bits per heavy atom. The third kappa shape index (κ3) is 11.7. The number of benzene rings is 1. The molecular weight excluding hydrogens is 744 g/mol. The molecule has 1 aromatic carbocycles. The van der Waals surface area contributed by atoms with Crippen molar-refractivity contribution < 1.29 is 78.6 Å². The molecule has 9 atom stereocenters. The summed E-state index contributed by atoms with van der Waals surface area (Å²) in [7, 11) is -22.7. The summed E-state index contributed by atoms with van der Waals surface area (Å²) in [6.45, 7) is 3.73. The summed E-state index contributed by atoms with van der Waals surface area (Å²) < 4.78 is 89.2. The van der Waals surface area contributed by atoms with Gasteiger partial charge in [0, 0.05) is 18.2 Å². The number of aromatic amines is 1. The van der Waals surface area contributed by atoms with E-state index in [2.05, 4.69) is 22.4 Å². The highest BCUT2D eigenvalue weighted by Crippen LogP contribution is 2.71. The second kappa shape index (κ2) is 16.5. The Morgan fingerprint density at radius 3 is 2.15 bits per heavy atom. The zero-order valence-electron chi connectivity index (χ0n) is 25.8. The van der Waals surface area contributed by atoms with Gasteiger partial charge < -0.3 is 33.8 Å². The van der Waals surface area contributed by atoms with Gasteiger partial charge in [-0.3, -0.25) is 9.05 Å². The van der Waals surface area contributed by atoms with Crippen LogP contribution in [0.3, 0.4) is 0 Å². The molecule has 1 aromatic heterocycles. The number of phosphoric acid groups is 4. The lowest BCUT2D eigenvalue weighted by atomic mass is 10.1. The van der Waals surface area contributed by atoms with Crippen LogP contribution in [0.5, 0.6) is 0 Å². The SMILES string of the molecule is CCCSc1cc[n+]([C@@H]2O[C@H](COP(=O)(O)OP(=O)(O)OP(=O)(O)OP(=O)(O)OC(C)C)C3OC(CCc4ccccc4)O[C@@H]32)c(=O)[nH]1. The summed E-state index contributed by atoms with van der Waals surface area (Å²) in [5, 5.41) is 0.623. The summed E-state index contributed by atoms with van der Waals surface area (Å²) in [5.74, 6) is 0.775. The van der Waals surface area contributed by atoms with Crippen LogP contribution < -0.4 is 10.3 Å². The molecule has 0 amide bonds. The van der Waals surface area contributed by atoms with E-state index in [0.717, 1.165) is 17.7 Å². The number of fused-ring (bicyclic) bond motifs is 1. The molecule has 0 aliphatic carbocycles. The van der Waals surface area contributed by atoms with E-state index in [1.54, 1.807) is 6.07 Å². The minimum atomic E-state index is -5.98. The fraction of sp³-hybridized carbons (Fsp3) is 0.583. The van der Waals surface area contributed by atoms with Crippen LogP contribution >= 0.6 is 43.1 Å². The first kappa shape index (κ1) is 39.7. The molecule has 24 heteroatoms. The average molecular weight is 782 g/mol. The smallest absolute Gasteiger partial charge is 0.344 e. The quantitative estimate of drug-likeness (QED) is 0.0625. The topological polar surface area (TPSA) is 260 Å². The minimum Gasteiger partial charge on any atom is -0.344 e. The van der Waals surface area contributed by atoms with E-state index in [-0.39, 0.29) is 0 Å². The lowest BCUT2D eigenvalue weighted by Gasteiger charge is -2.22. The van der Waals surface area contributed by atoms with Gasteiger partial charge in [0.15, 0.2) is 17.4 Å². The Hall–Kier alpha value is -1.11. The van der Waals surface area contributed by atoms with E-state index in [4.69, 9.17) is 18.7 Å². The number of aromatic nitrogens is 2. The van der Waals surface area contributed by atoms with Crippen molar-refractivity contribution in [2.75, 3.05) is 12.4 Å².